The van der Waals surface area contributed by atoms with Crippen LogP contribution in [0.1, 0.15) is 32.1 Å². The zero-order valence-corrected chi connectivity index (χ0v) is 13.0. The van der Waals surface area contributed by atoms with E-state index in [0.29, 0.717) is 29.9 Å². The van der Waals surface area contributed by atoms with Gasteiger partial charge in [-0.3, -0.25) is 20.0 Å². The number of amides is 1. The summed E-state index contributed by atoms with van der Waals surface area (Å²) in [5.41, 5.74) is 0.236. The van der Waals surface area contributed by atoms with Crippen molar-refractivity contribution >= 4 is 17.4 Å². The molecule has 0 saturated heterocycles. The topological polar surface area (TPSA) is 121 Å². The van der Waals surface area contributed by atoms with Crippen LogP contribution in [0.4, 0.5) is 11.5 Å². The largest absolute Gasteiger partial charge is 0.389 e. The Morgan fingerprint density at radius 3 is 2.83 bits per heavy atom. The van der Waals surface area contributed by atoms with Crippen LogP contribution < -0.4 is 5.32 Å². The fourth-order valence-corrected chi connectivity index (χ4v) is 3.02. The molecule has 0 atom stereocenters. The third kappa shape index (κ3) is 3.60. The predicted molar refractivity (Wildman–Crippen MR) is 87.3 cm³/mol. The van der Waals surface area contributed by atoms with Crippen molar-refractivity contribution in [3.05, 3.63) is 40.4 Å². The molecule has 1 aliphatic carbocycles. The smallest absolute Gasteiger partial charge is 0.270 e. The Morgan fingerprint density at radius 2 is 2.12 bits per heavy atom. The second-order valence-electron chi connectivity index (χ2n) is 6.13. The molecule has 1 fully saturated rings. The van der Waals surface area contributed by atoms with E-state index in [2.05, 4.69) is 15.5 Å². The molecule has 0 bridgehead atoms. The van der Waals surface area contributed by atoms with Crippen LogP contribution in [0.15, 0.2) is 30.3 Å². The van der Waals surface area contributed by atoms with Crippen LogP contribution in [-0.4, -0.2) is 31.7 Å². The summed E-state index contributed by atoms with van der Waals surface area (Å²) in [4.78, 5) is 22.4. The maximum atomic E-state index is 12.0. The highest BCUT2D eigenvalue weighted by Gasteiger charge is 2.33. The van der Waals surface area contributed by atoms with E-state index in [0.717, 1.165) is 12.8 Å². The number of aliphatic hydroxyl groups is 1. The van der Waals surface area contributed by atoms with E-state index >= 15 is 0 Å². The summed E-state index contributed by atoms with van der Waals surface area (Å²) in [5, 5.41) is 30.5. The summed E-state index contributed by atoms with van der Waals surface area (Å²) in [6.45, 7) is 0. The van der Waals surface area contributed by atoms with Gasteiger partial charge in [0.05, 0.1) is 22.6 Å². The van der Waals surface area contributed by atoms with Crippen molar-refractivity contribution in [2.45, 2.75) is 37.7 Å². The predicted octanol–water partition coefficient (Wildman–Crippen LogP) is 2.62. The number of H-pyrrole nitrogens is 1. The molecular weight excluding hydrogens is 312 g/mol. The summed E-state index contributed by atoms with van der Waals surface area (Å²) in [5.74, 6) is 0.0274. The Hall–Kier alpha value is -2.74. The lowest BCUT2D eigenvalue weighted by atomic mass is 9.98. The molecule has 8 heteroatoms. The van der Waals surface area contributed by atoms with Crippen molar-refractivity contribution in [3.63, 3.8) is 0 Å². The van der Waals surface area contributed by atoms with Crippen LogP contribution in [0.2, 0.25) is 0 Å². The maximum Gasteiger partial charge on any atom is 0.270 e. The second-order valence-corrected chi connectivity index (χ2v) is 6.13. The molecule has 0 unspecified atom stereocenters. The van der Waals surface area contributed by atoms with Crippen LogP contribution in [-0.2, 0) is 4.79 Å². The molecule has 8 nitrogen and oxygen atoms in total. The van der Waals surface area contributed by atoms with Crippen molar-refractivity contribution in [2.75, 3.05) is 5.32 Å². The molecule has 1 amide bonds. The zero-order chi connectivity index (χ0) is 17.2. The van der Waals surface area contributed by atoms with Crippen molar-refractivity contribution in [1.82, 2.24) is 10.2 Å². The lowest BCUT2D eigenvalue weighted by Gasteiger charge is -2.20. The summed E-state index contributed by atoms with van der Waals surface area (Å²) in [6, 6.07) is 7.75. The number of nitro groups is 1. The number of hydrogen-bond acceptors (Lipinski definition) is 5. The quantitative estimate of drug-likeness (QED) is 0.575. The third-order valence-electron chi connectivity index (χ3n) is 4.24. The van der Waals surface area contributed by atoms with Gasteiger partial charge in [0.25, 0.3) is 5.69 Å². The number of nitrogens with one attached hydrogen (secondary N) is 2. The highest BCUT2D eigenvalue weighted by Crippen LogP contribution is 2.32. The lowest BCUT2D eigenvalue weighted by Crippen LogP contribution is -2.30. The molecule has 126 valence electrons. The van der Waals surface area contributed by atoms with Gasteiger partial charge in [0.15, 0.2) is 5.82 Å². The van der Waals surface area contributed by atoms with Gasteiger partial charge in [0, 0.05) is 23.8 Å². The summed E-state index contributed by atoms with van der Waals surface area (Å²) >= 11 is 0. The van der Waals surface area contributed by atoms with E-state index in [1.165, 1.54) is 12.1 Å². The minimum atomic E-state index is -0.913. The van der Waals surface area contributed by atoms with E-state index in [9.17, 15) is 20.0 Å². The molecule has 1 aromatic carbocycles. The van der Waals surface area contributed by atoms with Gasteiger partial charge in [-0.1, -0.05) is 25.0 Å². The molecule has 0 aliphatic heterocycles. The van der Waals surface area contributed by atoms with E-state index in [1.54, 1.807) is 18.2 Å². The number of aromatic nitrogens is 2. The van der Waals surface area contributed by atoms with Crippen LogP contribution in [0.3, 0.4) is 0 Å². The molecule has 0 radical (unpaired) electrons. The summed E-state index contributed by atoms with van der Waals surface area (Å²) < 4.78 is 0. The monoisotopic (exact) mass is 330 g/mol. The number of anilines is 1. The van der Waals surface area contributed by atoms with Gasteiger partial charge in [-0.2, -0.15) is 5.10 Å². The molecule has 3 N–H and O–H groups in total. The van der Waals surface area contributed by atoms with Crippen LogP contribution in [0, 0.1) is 10.1 Å². The van der Waals surface area contributed by atoms with Crippen LogP contribution in [0.5, 0.6) is 0 Å². The first-order chi connectivity index (χ1) is 11.5. The number of rotatable bonds is 5. The van der Waals surface area contributed by atoms with Crippen molar-refractivity contribution < 1.29 is 14.8 Å². The minimum absolute atomic E-state index is 0.0175. The van der Waals surface area contributed by atoms with Crippen LogP contribution >= 0.6 is 0 Å². The highest BCUT2D eigenvalue weighted by atomic mass is 16.6. The first kappa shape index (κ1) is 16.1. The Bertz CT molecular complexity index is 765. The second kappa shape index (κ2) is 6.40. The third-order valence-corrected chi connectivity index (χ3v) is 4.24. The molecule has 24 heavy (non-hydrogen) atoms. The molecule has 1 aromatic heterocycles. The van der Waals surface area contributed by atoms with Gasteiger partial charge < -0.3 is 10.4 Å². The van der Waals surface area contributed by atoms with Gasteiger partial charge >= 0.3 is 0 Å². The molecule has 3 rings (SSSR count). The number of nitro benzene ring substituents is 1. The molecular formula is C16H18N4O4. The first-order valence-corrected chi connectivity index (χ1v) is 7.78. The average Bonchev–Trinajstić information content (AvgIpc) is 3.16. The van der Waals surface area contributed by atoms with Gasteiger partial charge in [0.1, 0.15) is 0 Å². The fraction of sp³-hybridized carbons (Fsp3) is 0.375. The number of carbonyl (C=O) groups is 1. The number of carbonyl (C=O) groups excluding carboxylic acids is 1. The molecule has 1 saturated carbocycles. The zero-order valence-electron chi connectivity index (χ0n) is 13.0. The normalized spacial score (nSPS) is 16.0. The van der Waals surface area contributed by atoms with E-state index < -0.39 is 10.5 Å². The van der Waals surface area contributed by atoms with Crippen molar-refractivity contribution in [2.24, 2.45) is 0 Å². The molecule has 2 aromatic rings. The standard InChI is InChI=1S/C16H18N4O4/c21-15(10-16(22)6-1-2-7-16)17-14-9-13(18-19-14)11-4-3-5-12(8-11)20(23)24/h3-5,8-9,22H,1-2,6-7,10H2,(H2,17,18,19,21). The number of nitrogens with zero attached hydrogens (tertiary/aromatic N) is 2. The Kier molecular flexibility index (Phi) is 4.30. The number of benzene rings is 1. The van der Waals surface area contributed by atoms with Crippen LogP contribution in [0.25, 0.3) is 11.3 Å². The van der Waals surface area contributed by atoms with Crippen molar-refractivity contribution in [3.8, 4) is 11.3 Å². The number of hydrogen-bond donors (Lipinski definition) is 3. The summed E-state index contributed by atoms with van der Waals surface area (Å²) in [7, 11) is 0. The Morgan fingerprint density at radius 1 is 1.38 bits per heavy atom. The van der Waals surface area contributed by atoms with Gasteiger partial charge in [-0.25, -0.2) is 0 Å². The molecule has 0 spiro atoms. The van der Waals surface area contributed by atoms with Crippen molar-refractivity contribution in [1.29, 1.82) is 0 Å². The van der Waals surface area contributed by atoms with Gasteiger partial charge in [0.2, 0.25) is 5.91 Å². The van der Waals surface area contributed by atoms with Gasteiger partial charge in [-0.15, -0.1) is 0 Å². The summed E-state index contributed by atoms with van der Waals surface area (Å²) in [6.07, 6.45) is 3.19. The van der Waals surface area contributed by atoms with E-state index in [4.69, 9.17) is 0 Å². The fourth-order valence-electron chi connectivity index (χ4n) is 3.02. The number of non-ortho nitro benzene ring substituents is 1. The molecule has 1 heterocycles. The minimum Gasteiger partial charge on any atom is -0.389 e. The first-order valence-electron chi connectivity index (χ1n) is 7.78. The Labute approximate surface area is 138 Å². The van der Waals surface area contributed by atoms with E-state index in [1.807, 2.05) is 0 Å². The SMILES string of the molecule is O=C(CC1(O)CCCC1)Nc1cc(-c2cccc([N+](=O)[O-])c2)[nH]n1. The highest BCUT2D eigenvalue weighted by molar-refractivity contribution is 5.91. The van der Waals surface area contributed by atoms with E-state index in [-0.39, 0.29) is 18.0 Å². The maximum absolute atomic E-state index is 12.0. The average molecular weight is 330 g/mol. The Balaban J connectivity index is 1.68. The van der Waals surface area contributed by atoms with Gasteiger partial charge in [-0.05, 0) is 12.8 Å². The molecule has 1 aliphatic rings. The lowest BCUT2D eigenvalue weighted by molar-refractivity contribution is -0.384. The number of aromatic amines is 1.